The number of aromatic amines is 1. The second-order valence-corrected chi connectivity index (χ2v) is 16.8. The second kappa shape index (κ2) is 18.1. The molecule has 4 amide bonds. The van der Waals surface area contributed by atoms with Crippen LogP contribution in [0.25, 0.3) is 17.0 Å². The van der Waals surface area contributed by atoms with Gasteiger partial charge < -0.3 is 30.2 Å². The van der Waals surface area contributed by atoms with E-state index in [0.717, 1.165) is 76.9 Å². The summed E-state index contributed by atoms with van der Waals surface area (Å²) in [6.07, 6.45) is 11.9. The number of Topliss-reactive ketones (excluding diaryl/α,β-unsaturated/α-hetero) is 1. The van der Waals surface area contributed by atoms with E-state index in [2.05, 4.69) is 48.6 Å². The number of rotatable bonds is 11. The van der Waals surface area contributed by atoms with Gasteiger partial charge in [-0.25, -0.2) is 4.79 Å². The summed E-state index contributed by atoms with van der Waals surface area (Å²) in [5.74, 6) is 0.0950. The van der Waals surface area contributed by atoms with E-state index < -0.39 is 12.1 Å². The molecule has 59 heavy (non-hydrogen) atoms. The molecule has 3 N–H and O–H groups in total. The van der Waals surface area contributed by atoms with E-state index >= 15 is 0 Å². The number of ketones is 1. The lowest BCUT2D eigenvalue weighted by Crippen LogP contribution is -2.59. The van der Waals surface area contributed by atoms with Crippen LogP contribution in [0.15, 0.2) is 72.7 Å². The smallest absolute Gasteiger partial charge is 0.318 e. The van der Waals surface area contributed by atoms with Crippen molar-refractivity contribution >= 4 is 46.3 Å². The fourth-order valence-corrected chi connectivity index (χ4v) is 9.54. The number of piperazine rings is 1. The number of H-pyrrole nitrogens is 1. The van der Waals surface area contributed by atoms with E-state index in [1.807, 2.05) is 60.4 Å². The predicted molar refractivity (Wildman–Crippen MR) is 229 cm³/mol. The third kappa shape index (κ3) is 9.35. The van der Waals surface area contributed by atoms with Gasteiger partial charge in [0, 0.05) is 75.6 Å². The number of piperidine rings is 2. The number of hydrogen-bond donors (Lipinski definition) is 3. The lowest BCUT2D eigenvalue weighted by Gasteiger charge is -2.39. The number of nitrogens with zero attached hydrogens (tertiary/aromatic N) is 6. The summed E-state index contributed by atoms with van der Waals surface area (Å²) in [6, 6.07) is 14.1. The number of urea groups is 1. The second-order valence-electron chi connectivity index (χ2n) is 16.8. The molecule has 5 heterocycles. The fraction of sp³-hybridized carbons (Fsp3) is 0.478. The fourth-order valence-electron chi connectivity index (χ4n) is 9.54. The van der Waals surface area contributed by atoms with Crippen molar-refractivity contribution in [3.8, 4) is 0 Å². The normalized spacial score (nSPS) is 19.3. The third-order valence-corrected chi connectivity index (χ3v) is 13.1. The topological polar surface area (TPSA) is 147 Å². The van der Waals surface area contributed by atoms with Crippen LogP contribution in [0, 0.1) is 18.8 Å². The van der Waals surface area contributed by atoms with Gasteiger partial charge in [0.2, 0.25) is 11.8 Å². The quantitative estimate of drug-likeness (QED) is 0.197. The van der Waals surface area contributed by atoms with Gasteiger partial charge in [0.15, 0.2) is 5.78 Å². The minimum Gasteiger partial charge on any atom is -0.368 e. The number of allylic oxidation sites excluding steroid dienone is 1. The van der Waals surface area contributed by atoms with Crippen molar-refractivity contribution in [3.63, 3.8) is 0 Å². The maximum absolute atomic E-state index is 14.6. The Bertz CT molecular complexity index is 2160. The maximum Gasteiger partial charge on any atom is 0.318 e. The van der Waals surface area contributed by atoms with Gasteiger partial charge in [-0.3, -0.25) is 24.5 Å². The molecule has 4 aliphatic rings. The minimum absolute atomic E-state index is 0.0670. The number of hydrogen-bond acceptors (Lipinski definition) is 8. The summed E-state index contributed by atoms with van der Waals surface area (Å²) < 4.78 is 0. The number of carbonyl (C=O) groups is 4. The average Bonchev–Trinajstić information content (AvgIpc) is 3.76. The molecule has 13 nitrogen and oxygen atoms in total. The Hall–Kier alpha value is -5.56. The first-order valence-corrected chi connectivity index (χ1v) is 21.5. The Morgan fingerprint density at radius 3 is 2.36 bits per heavy atom. The highest BCUT2D eigenvalue weighted by atomic mass is 16.2. The molecule has 4 aromatic rings. The van der Waals surface area contributed by atoms with E-state index in [0.29, 0.717) is 70.9 Å². The largest absolute Gasteiger partial charge is 0.368 e. The zero-order chi connectivity index (χ0) is 40.9. The van der Waals surface area contributed by atoms with E-state index in [9.17, 15) is 19.2 Å². The van der Waals surface area contributed by atoms with E-state index in [1.165, 1.54) is 0 Å². The van der Waals surface area contributed by atoms with Gasteiger partial charge in [-0.15, -0.1) is 0 Å². The zero-order valence-corrected chi connectivity index (χ0v) is 34.4. The predicted octanol–water partition coefficient (Wildman–Crippen LogP) is 4.76. The van der Waals surface area contributed by atoms with Crippen molar-refractivity contribution in [2.45, 2.75) is 70.9 Å². The summed E-state index contributed by atoms with van der Waals surface area (Å²) >= 11 is 0. The van der Waals surface area contributed by atoms with Crippen LogP contribution in [0.4, 0.5) is 10.5 Å². The summed E-state index contributed by atoms with van der Waals surface area (Å²) in [4.78, 5) is 68.9. The van der Waals surface area contributed by atoms with Crippen molar-refractivity contribution in [1.82, 2.24) is 40.5 Å². The lowest BCUT2D eigenvalue weighted by molar-refractivity contribution is -0.137. The van der Waals surface area contributed by atoms with Crippen molar-refractivity contribution < 1.29 is 19.2 Å². The van der Waals surface area contributed by atoms with Gasteiger partial charge in [-0.1, -0.05) is 37.3 Å². The van der Waals surface area contributed by atoms with Crippen LogP contribution in [0.3, 0.4) is 0 Å². The molecule has 2 aromatic heterocycles. The highest BCUT2D eigenvalue weighted by Crippen LogP contribution is 2.32. The Labute approximate surface area is 346 Å². The Morgan fingerprint density at radius 2 is 1.61 bits per heavy atom. The number of benzene rings is 2. The molecule has 3 saturated heterocycles. The van der Waals surface area contributed by atoms with Crippen LogP contribution >= 0.6 is 0 Å². The van der Waals surface area contributed by atoms with Crippen molar-refractivity contribution in [3.05, 3.63) is 94.9 Å². The molecule has 2 atom stereocenters. The number of anilines is 1. The van der Waals surface area contributed by atoms with E-state index in [-0.39, 0.29) is 36.0 Å². The molecule has 0 saturated carbocycles. The van der Waals surface area contributed by atoms with Crippen LogP contribution in [0.1, 0.15) is 61.3 Å². The Morgan fingerprint density at radius 1 is 0.864 bits per heavy atom. The van der Waals surface area contributed by atoms with Gasteiger partial charge in [-0.05, 0) is 123 Å². The summed E-state index contributed by atoms with van der Waals surface area (Å²) in [5.41, 5.74) is 6.89. The first kappa shape index (κ1) is 40.2. The molecule has 3 aliphatic heterocycles. The zero-order valence-electron chi connectivity index (χ0n) is 34.4. The number of likely N-dealkylation sites (tertiary alicyclic amines) is 2. The average molecular weight is 800 g/mol. The molecule has 2 aromatic carbocycles. The molecular weight excluding hydrogens is 743 g/mol. The number of carbonyl (C=O) groups excluding carboxylic acids is 4. The minimum atomic E-state index is -0.927. The Balaban J connectivity index is 0.983. The van der Waals surface area contributed by atoms with Gasteiger partial charge in [0.1, 0.15) is 12.1 Å². The molecule has 13 heteroatoms. The van der Waals surface area contributed by atoms with Crippen molar-refractivity contribution in [2.24, 2.45) is 11.8 Å². The van der Waals surface area contributed by atoms with Gasteiger partial charge >= 0.3 is 6.03 Å². The molecule has 0 radical (unpaired) electrons. The molecule has 3 fully saturated rings. The third-order valence-electron chi connectivity index (χ3n) is 13.1. The molecular formula is C46H57N9O4. The molecule has 310 valence electrons. The van der Waals surface area contributed by atoms with Crippen LogP contribution in [0.5, 0.6) is 0 Å². The van der Waals surface area contributed by atoms with Gasteiger partial charge in [0.05, 0.1) is 11.7 Å². The SMILES string of the molecule is CCN1CCC(C[C@H](NC(=O)[C@@H](Cc2cc(C)c3[nH]ncc3c2)NC(=O)N2CCC(C3=Cc4ccccc4CC3=O)CC2)C(=O)N2CCN(c3ccncc3)CC2)CC1. The van der Waals surface area contributed by atoms with Crippen molar-refractivity contribution in [1.29, 1.82) is 0 Å². The van der Waals surface area contributed by atoms with Crippen LogP contribution in [-0.2, 0) is 27.2 Å². The number of pyridine rings is 1. The summed E-state index contributed by atoms with van der Waals surface area (Å²) in [5, 5.41) is 14.5. The van der Waals surface area contributed by atoms with Crippen molar-refractivity contribution in [2.75, 3.05) is 63.8 Å². The molecule has 1 aliphatic carbocycles. The maximum atomic E-state index is 14.6. The first-order chi connectivity index (χ1) is 28.7. The summed E-state index contributed by atoms with van der Waals surface area (Å²) in [6.45, 7) is 10.6. The van der Waals surface area contributed by atoms with Gasteiger partial charge in [0.25, 0.3) is 0 Å². The highest BCUT2D eigenvalue weighted by molar-refractivity contribution is 6.04. The van der Waals surface area contributed by atoms with Crippen LogP contribution < -0.4 is 15.5 Å². The monoisotopic (exact) mass is 799 g/mol. The van der Waals surface area contributed by atoms with Crippen LogP contribution in [-0.4, -0.2) is 124 Å². The highest BCUT2D eigenvalue weighted by Gasteiger charge is 2.36. The first-order valence-electron chi connectivity index (χ1n) is 21.5. The Kier molecular flexibility index (Phi) is 12.4. The number of aryl methyl sites for hydroxylation is 1. The number of amides is 4. The number of fused-ring (bicyclic) bond motifs is 2. The van der Waals surface area contributed by atoms with Crippen LogP contribution in [0.2, 0.25) is 0 Å². The molecule has 0 bridgehead atoms. The van der Waals surface area contributed by atoms with E-state index in [4.69, 9.17) is 0 Å². The van der Waals surface area contributed by atoms with Gasteiger partial charge in [-0.2, -0.15) is 5.10 Å². The molecule has 0 spiro atoms. The molecule has 0 unspecified atom stereocenters. The number of nitrogens with one attached hydrogen (secondary N) is 3. The van der Waals surface area contributed by atoms with E-state index in [1.54, 1.807) is 23.5 Å². The standard InChI is InChI=1S/C46H57N9O4/c1-3-52-16-10-32(11-17-52)26-41(45(58)54-22-20-53(21-23-54)38-8-14-47-15-9-38)49-44(57)40(27-33-24-31(2)43-37(25-33)30-48-51-43)50-46(59)55-18-12-34(13-19-55)39-28-35-6-4-5-7-36(35)29-42(39)56/h4-9,14-15,24-25,28,30,32,34,40-41H,3,10-13,16-23,26-27,29H2,1-2H3,(H,48,51)(H,49,57)(H,50,59)/t40-,41+/m1/s1. The molecule has 8 rings (SSSR count). The number of aromatic nitrogens is 3. The lowest BCUT2D eigenvalue weighted by atomic mass is 9.80. The summed E-state index contributed by atoms with van der Waals surface area (Å²) in [7, 11) is 0.